The third kappa shape index (κ3) is 3.31. The normalized spacial score (nSPS) is 23.0. The lowest BCUT2D eigenvalue weighted by molar-refractivity contribution is 0.107. The van der Waals surface area contributed by atoms with Crippen LogP contribution in [0.15, 0.2) is 30.3 Å². The first kappa shape index (κ1) is 16.0. The van der Waals surface area contributed by atoms with Crippen LogP contribution in [0.25, 0.3) is 11.4 Å². The Bertz CT molecular complexity index is 650. The van der Waals surface area contributed by atoms with Gasteiger partial charge in [0, 0.05) is 62.4 Å². The molecule has 6 heteroatoms. The predicted molar refractivity (Wildman–Crippen MR) is 99.7 cm³/mol. The zero-order valence-electron chi connectivity index (χ0n) is 14.3. The molecule has 1 aromatic carbocycles. The summed E-state index contributed by atoms with van der Waals surface area (Å²) in [6, 6.07) is 10.9. The van der Waals surface area contributed by atoms with Gasteiger partial charge in [0.1, 0.15) is 0 Å². The molecule has 128 valence electrons. The lowest BCUT2D eigenvalue weighted by Gasteiger charge is -2.37. The fourth-order valence-corrected chi connectivity index (χ4v) is 4.43. The molecule has 24 heavy (non-hydrogen) atoms. The number of rotatable bonds is 4. The molecule has 0 radical (unpaired) electrons. The molecule has 0 saturated carbocycles. The van der Waals surface area contributed by atoms with Crippen molar-refractivity contribution in [1.82, 2.24) is 19.2 Å². The molecule has 1 unspecified atom stereocenters. The second-order valence-electron chi connectivity index (χ2n) is 6.63. The number of hydrogen-bond acceptors (Lipinski definition) is 6. The van der Waals surface area contributed by atoms with Crippen molar-refractivity contribution in [1.29, 1.82) is 0 Å². The Hall–Kier alpha value is -1.50. The fourth-order valence-electron chi connectivity index (χ4n) is 3.71. The molecule has 2 fully saturated rings. The number of aromatic nitrogens is 2. The summed E-state index contributed by atoms with van der Waals surface area (Å²) in [5.41, 5.74) is 1.10. The summed E-state index contributed by atoms with van der Waals surface area (Å²) in [6.45, 7) is 10.5. The van der Waals surface area contributed by atoms with E-state index in [0.29, 0.717) is 6.04 Å². The van der Waals surface area contributed by atoms with E-state index in [0.717, 1.165) is 29.6 Å². The Balaban J connectivity index is 1.38. The molecule has 2 aliphatic rings. The van der Waals surface area contributed by atoms with Crippen molar-refractivity contribution in [2.24, 2.45) is 0 Å². The van der Waals surface area contributed by atoms with Crippen LogP contribution in [-0.4, -0.2) is 71.0 Å². The van der Waals surface area contributed by atoms with Crippen LogP contribution in [0, 0.1) is 0 Å². The molecule has 1 aromatic heterocycles. The van der Waals surface area contributed by atoms with Crippen LogP contribution in [0.3, 0.4) is 0 Å². The van der Waals surface area contributed by atoms with E-state index in [4.69, 9.17) is 4.98 Å². The van der Waals surface area contributed by atoms with Crippen LogP contribution < -0.4 is 4.90 Å². The second kappa shape index (κ2) is 7.17. The van der Waals surface area contributed by atoms with E-state index >= 15 is 0 Å². The quantitative estimate of drug-likeness (QED) is 0.852. The van der Waals surface area contributed by atoms with Gasteiger partial charge in [-0.25, -0.2) is 0 Å². The molecule has 4 rings (SSSR count). The van der Waals surface area contributed by atoms with E-state index in [2.05, 4.69) is 38.1 Å². The molecule has 0 aliphatic carbocycles. The SMILES string of the molecule is CCN1CCN(C2CCN(c3nc(-c4ccccc4)ns3)C2)CC1. The van der Waals surface area contributed by atoms with E-state index < -0.39 is 0 Å². The van der Waals surface area contributed by atoms with Gasteiger partial charge in [-0.1, -0.05) is 37.3 Å². The molecule has 5 nitrogen and oxygen atoms in total. The van der Waals surface area contributed by atoms with Gasteiger partial charge in [-0.15, -0.1) is 0 Å². The van der Waals surface area contributed by atoms with E-state index in [9.17, 15) is 0 Å². The van der Waals surface area contributed by atoms with Crippen molar-refractivity contribution in [3.05, 3.63) is 30.3 Å². The van der Waals surface area contributed by atoms with Crippen molar-refractivity contribution in [3.8, 4) is 11.4 Å². The van der Waals surface area contributed by atoms with Crippen molar-refractivity contribution in [2.45, 2.75) is 19.4 Å². The van der Waals surface area contributed by atoms with Crippen LogP contribution in [-0.2, 0) is 0 Å². The Labute approximate surface area is 148 Å². The Morgan fingerprint density at radius 3 is 2.62 bits per heavy atom. The molecule has 0 bridgehead atoms. The highest BCUT2D eigenvalue weighted by atomic mass is 32.1. The molecular weight excluding hydrogens is 318 g/mol. The number of benzene rings is 1. The van der Waals surface area contributed by atoms with Crippen molar-refractivity contribution in [2.75, 3.05) is 50.7 Å². The van der Waals surface area contributed by atoms with Crippen LogP contribution >= 0.6 is 11.5 Å². The summed E-state index contributed by atoms with van der Waals surface area (Å²) in [7, 11) is 0. The summed E-state index contributed by atoms with van der Waals surface area (Å²) in [4.78, 5) is 12.4. The van der Waals surface area contributed by atoms with Crippen LogP contribution in [0.5, 0.6) is 0 Å². The Kier molecular flexibility index (Phi) is 4.78. The summed E-state index contributed by atoms with van der Waals surface area (Å²) >= 11 is 1.53. The first-order valence-electron chi connectivity index (χ1n) is 8.94. The summed E-state index contributed by atoms with van der Waals surface area (Å²) in [6.07, 6.45) is 1.24. The fraction of sp³-hybridized carbons (Fsp3) is 0.556. The molecule has 0 spiro atoms. The van der Waals surface area contributed by atoms with Gasteiger partial charge in [-0.05, 0) is 13.0 Å². The van der Waals surface area contributed by atoms with Gasteiger partial charge in [0.25, 0.3) is 0 Å². The minimum atomic E-state index is 0.674. The second-order valence-corrected chi connectivity index (χ2v) is 7.36. The van der Waals surface area contributed by atoms with E-state index in [1.807, 2.05) is 18.2 Å². The van der Waals surface area contributed by atoms with E-state index in [1.54, 1.807) is 0 Å². The average Bonchev–Trinajstić information content (AvgIpc) is 3.32. The summed E-state index contributed by atoms with van der Waals surface area (Å²) in [5, 5.41) is 1.07. The molecule has 2 aromatic rings. The minimum absolute atomic E-state index is 0.674. The van der Waals surface area contributed by atoms with Gasteiger partial charge in [-0.3, -0.25) is 4.90 Å². The van der Waals surface area contributed by atoms with Crippen molar-refractivity contribution in [3.63, 3.8) is 0 Å². The molecule has 2 aliphatic heterocycles. The zero-order valence-corrected chi connectivity index (χ0v) is 15.1. The third-order valence-electron chi connectivity index (χ3n) is 5.25. The molecule has 0 N–H and O–H groups in total. The number of likely N-dealkylation sites (N-methyl/N-ethyl adjacent to an activating group) is 1. The highest BCUT2D eigenvalue weighted by Gasteiger charge is 2.31. The first-order chi connectivity index (χ1) is 11.8. The van der Waals surface area contributed by atoms with Crippen molar-refractivity contribution >= 4 is 16.7 Å². The average molecular weight is 344 g/mol. The van der Waals surface area contributed by atoms with Gasteiger partial charge in [0.2, 0.25) is 5.13 Å². The maximum atomic E-state index is 4.77. The molecule has 3 heterocycles. The maximum absolute atomic E-state index is 4.77. The predicted octanol–water partition coefficient (Wildman–Crippen LogP) is 2.42. The monoisotopic (exact) mass is 343 g/mol. The molecular formula is C18H25N5S. The Morgan fingerprint density at radius 2 is 1.88 bits per heavy atom. The van der Waals surface area contributed by atoms with Crippen LogP contribution in [0.1, 0.15) is 13.3 Å². The van der Waals surface area contributed by atoms with Crippen LogP contribution in [0.4, 0.5) is 5.13 Å². The van der Waals surface area contributed by atoms with Gasteiger partial charge < -0.3 is 9.80 Å². The number of nitrogens with zero attached hydrogens (tertiary/aromatic N) is 5. The van der Waals surface area contributed by atoms with Gasteiger partial charge >= 0.3 is 0 Å². The zero-order chi connectivity index (χ0) is 16.4. The maximum Gasteiger partial charge on any atom is 0.205 e. The van der Waals surface area contributed by atoms with Gasteiger partial charge in [-0.2, -0.15) is 9.36 Å². The highest BCUT2D eigenvalue weighted by Crippen LogP contribution is 2.28. The van der Waals surface area contributed by atoms with E-state index in [-0.39, 0.29) is 0 Å². The summed E-state index contributed by atoms with van der Waals surface area (Å²) < 4.78 is 4.56. The first-order valence-corrected chi connectivity index (χ1v) is 9.71. The largest absolute Gasteiger partial charge is 0.345 e. The van der Waals surface area contributed by atoms with Crippen molar-refractivity contribution < 1.29 is 0 Å². The standard InChI is InChI=1S/C18H25N5S/c1-2-21-10-12-22(13-11-21)16-8-9-23(14-16)18-19-17(20-24-18)15-6-4-3-5-7-15/h3-7,16H,2,8-14H2,1H3. The topological polar surface area (TPSA) is 35.5 Å². The number of anilines is 1. The van der Waals surface area contributed by atoms with Gasteiger partial charge in [0.15, 0.2) is 5.82 Å². The molecule has 0 amide bonds. The summed E-state index contributed by atoms with van der Waals surface area (Å²) in [5.74, 6) is 0.857. The molecule has 1 atom stereocenters. The molecule has 2 saturated heterocycles. The lowest BCUT2D eigenvalue weighted by atomic mass is 10.2. The Morgan fingerprint density at radius 1 is 1.08 bits per heavy atom. The van der Waals surface area contributed by atoms with E-state index in [1.165, 1.54) is 50.7 Å². The number of piperazine rings is 1. The highest BCUT2D eigenvalue weighted by molar-refractivity contribution is 7.09. The van der Waals surface area contributed by atoms with Gasteiger partial charge in [0.05, 0.1) is 0 Å². The van der Waals surface area contributed by atoms with Crippen LogP contribution in [0.2, 0.25) is 0 Å². The smallest absolute Gasteiger partial charge is 0.205 e. The lowest BCUT2D eigenvalue weighted by Crippen LogP contribution is -2.50. The minimum Gasteiger partial charge on any atom is -0.345 e. The third-order valence-corrected chi connectivity index (χ3v) is 6.03. The number of hydrogen-bond donors (Lipinski definition) is 0.